The predicted molar refractivity (Wildman–Crippen MR) is 97.6 cm³/mol. The second-order valence-electron chi connectivity index (χ2n) is 6.80. The molecular weight excluding hydrogens is 332 g/mol. The minimum absolute atomic E-state index is 0.887. The minimum Gasteiger partial charge on any atom is -0.329 e. The average molecular weight is 354 g/mol. The Hall–Kier alpha value is -1.99. The van der Waals surface area contributed by atoms with E-state index in [1.165, 1.54) is 34.1 Å². The number of fused-ring (bicyclic) bond motifs is 2. The first kappa shape index (κ1) is 15.3. The molecule has 0 bridgehead atoms. The Kier molecular flexibility index (Phi) is 3.90. The monoisotopic (exact) mass is 354 g/mol. The van der Waals surface area contributed by atoms with Gasteiger partial charge in [0.1, 0.15) is 5.69 Å². The van der Waals surface area contributed by atoms with Crippen molar-refractivity contribution in [3.8, 4) is 11.5 Å². The van der Waals surface area contributed by atoms with Gasteiger partial charge in [-0.1, -0.05) is 0 Å². The summed E-state index contributed by atoms with van der Waals surface area (Å²) in [5.41, 5.74) is 3.57. The third-order valence-corrected chi connectivity index (χ3v) is 6.26. The summed E-state index contributed by atoms with van der Waals surface area (Å²) in [7, 11) is 0. The maximum atomic E-state index is 4.81. The third kappa shape index (κ3) is 2.91. The molecule has 0 atom stereocenters. The van der Waals surface area contributed by atoms with Gasteiger partial charge in [0.2, 0.25) is 0 Å². The molecule has 3 aromatic heterocycles. The second kappa shape index (κ2) is 6.38. The van der Waals surface area contributed by atoms with Crippen molar-refractivity contribution in [3.63, 3.8) is 0 Å². The van der Waals surface area contributed by atoms with Crippen LogP contribution in [0.5, 0.6) is 0 Å². The van der Waals surface area contributed by atoms with Crippen LogP contribution >= 0.6 is 11.3 Å². The highest BCUT2D eigenvalue weighted by atomic mass is 32.1. The van der Waals surface area contributed by atoms with E-state index in [0.29, 0.717) is 0 Å². The van der Waals surface area contributed by atoms with Crippen molar-refractivity contribution in [3.05, 3.63) is 39.7 Å². The molecule has 0 saturated heterocycles. The summed E-state index contributed by atoms with van der Waals surface area (Å²) in [5.74, 6) is 0.963. The van der Waals surface area contributed by atoms with Crippen LogP contribution < -0.4 is 5.32 Å². The lowest BCUT2D eigenvalue weighted by Crippen LogP contribution is -2.11. The molecule has 0 saturated carbocycles. The molecule has 5 rings (SSSR count). The van der Waals surface area contributed by atoms with Crippen LogP contribution in [0.3, 0.4) is 0 Å². The van der Waals surface area contributed by atoms with Crippen molar-refractivity contribution < 1.29 is 0 Å². The Balaban J connectivity index is 1.35. The molecule has 6 nitrogen and oxygen atoms in total. The SMILES string of the molecule is c1cn(CCc2nc3c(s2)CCC3)c(-c2cc3n(n2)CCCNC3)n1. The van der Waals surface area contributed by atoms with Gasteiger partial charge in [0, 0.05) is 43.3 Å². The molecule has 1 N–H and O–H groups in total. The highest BCUT2D eigenvalue weighted by Gasteiger charge is 2.18. The summed E-state index contributed by atoms with van der Waals surface area (Å²) in [6.07, 6.45) is 9.68. The Morgan fingerprint density at radius 2 is 2.24 bits per heavy atom. The van der Waals surface area contributed by atoms with E-state index >= 15 is 0 Å². The van der Waals surface area contributed by atoms with Crippen molar-refractivity contribution in [1.29, 1.82) is 0 Å². The molecule has 7 heteroatoms. The van der Waals surface area contributed by atoms with Gasteiger partial charge in [0.25, 0.3) is 0 Å². The van der Waals surface area contributed by atoms with E-state index in [2.05, 4.69) is 31.8 Å². The van der Waals surface area contributed by atoms with Gasteiger partial charge in [0.05, 0.1) is 16.4 Å². The standard InChI is InChI=1S/C18H22N6S/c1-3-14-16(4-1)25-17(21-14)5-9-23-10-7-20-18(23)15-11-13-12-19-6-2-8-24(13)22-15/h7,10-11,19H,1-6,8-9,12H2. The first-order valence-corrected chi connectivity index (χ1v) is 9.95. The quantitative estimate of drug-likeness (QED) is 0.782. The summed E-state index contributed by atoms with van der Waals surface area (Å²) >= 11 is 1.90. The number of thiazole rings is 1. The predicted octanol–water partition coefficient (Wildman–Crippen LogP) is 2.43. The van der Waals surface area contributed by atoms with Crippen LogP contribution in [0.1, 0.15) is 34.1 Å². The highest BCUT2D eigenvalue weighted by Crippen LogP contribution is 2.28. The van der Waals surface area contributed by atoms with Crippen LogP contribution in [0.2, 0.25) is 0 Å². The number of nitrogens with zero attached hydrogens (tertiary/aromatic N) is 5. The molecule has 2 aliphatic rings. The maximum absolute atomic E-state index is 4.81. The smallest absolute Gasteiger partial charge is 0.160 e. The van der Waals surface area contributed by atoms with E-state index in [0.717, 1.165) is 57.0 Å². The van der Waals surface area contributed by atoms with Crippen LogP contribution in [0.4, 0.5) is 0 Å². The molecule has 0 aromatic carbocycles. The fourth-order valence-corrected chi connectivity index (χ4v) is 4.91. The van der Waals surface area contributed by atoms with Gasteiger partial charge in [-0.05, 0) is 38.3 Å². The number of rotatable bonds is 4. The zero-order valence-corrected chi connectivity index (χ0v) is 15.1. The van der Waals surface area contributed by atoms with Gasteiger partial charge in [-0.3, -0.25) is 4.68 Å². The lowest BCUT2D eigenvalue weighted by Gasteiger charge is -2.05. The van der Waals surface area contributed by atoms with Crippen molar-refractivity contribution in [2.24, 2.45) is 0 Å². The molecule has 0 radical (unpaired) electrons. The van der Waals surface area contributed by atoms with Gasteiger partial charge >= 0.3 is 0 Å². The molecule has 25 heavy (non-hydrogen) atoms. The van der Waals surface area contributed by atoms with Crippen LogP contribution in [0, 0.1) is 0 Å². The largest absolute Gasteiger partial charge is 0.329 e. The number of hydrogen-bond donors (Lipinski definition) is 1. The first-order valence-electron chi connectivity index (χ1n) is 9.13. The summed E-state index contributed by atoms with van der Waals surface area (Å²) < 4.78 is 4.34. The number of hydrogen-bond acceptors (Lipinski definition) is 5. The van der Waals surface area contributed by atoms with E-state index in [1.807, 2.05) is 17.5 Å². The van der Waals surface area contributed by atoms with Crippen molar-refractivity contribution >= 4 is 11.3 Å². The number of nitrogens with one attached hydrogen (secondary N) is 1. The lowest BCUT2D eigenvalue weighted by atomic mass is 10.3. The minimum atomic E-state index is 0.887. The van der Waals surface area contributed by atoms with E-state index in [1.54, 1.807) is 0 Å². The van der Waals surface area contributed by atoms with Crippen LogP contribution in [-0.4, -0.2) is 30.9 Å². The maximum Gasteiger partial charge on any atom is 0.160 e. The molecule has 130 valence electrons. The van der Waals surface area contributed by atoms with Crippen molar-refractivity contribution in [2.75, 3.05) is 6.54 Å². The first-order chi connectivity index (χ1) is 12.4. The second-order valence-corrected chi connectivity index (χ2v) is 7.97. The number of imidazole rings is 1. The normalized spacial score (nSPS) is 16.6. The van der Waals surface area contributed by atoms with E-state index in [4.69, 9.17) is 10.1 Å². The molecule has 1 aliphatic carbocycles. The lowest BCUT2D eigenvalue weighted by molar-refractivity contribution is 0.587. The molecule has 4 heterocycles. The molecule has 0 spiro atoms. The van der Waals surface area contributed by atoms with Crippen LogP contribution in [0.25, 0.3) is 11.5 Å². The fourth-order valence-electron chi connectivity index (χ4n) is 3.76. The third-order valence-electron chi connectivity index (χ3n) is 5.04. The summed E-state index contributed by atoms with van der Waals surface area (Å²) in [4.78, 5) is 10.9. The fraction of sp³-hybridized carbons (Fsp3) is 0.500. The Morgan fingerprint density at radius 1 is 1.24 bits per heavy atom. The molecule has 3 aromatic rings. The van der Waals surface area contributed by atoms with Gasteiger partial charge < -0.3 is 9.88 Å². The van der Waals surface area contributed by atoms with E-state index in [9.17, 15) is 0 Å². The zero-order chi connectivity index (χ0) is 16.6. The van der Waals surface area contributed by atoms with Gasteiger partial charge in [0.15, 0.2) is 5.82 Å². The van der Waals surface area contributed by atoms with Gasteiger partial charge in [-0.15, -0.1) is 11.3 Å². The summed E-state index contributed by atoms with van der Waals surface area (Å²) in [6.45, 7) is 3.83. The summed E-state index contributed by atoms with van der Waals surface area (Å²) in [5, 5.41) is 9.50. The molecular formula is C18H22N6S. The van der Waals surface area contributed by atoms with Crippen molar-refractivity contribution in [1.82, 2.24) is 29.6 Å². The number of aromatic nitrogens is 5. The van der Waals surface area contributed by atoms with Gasteiger partial charge in [-0.25, -0.2) is 9.97 Å². The highest BCUT2D eigenvalue weighted by molar-refractivity contribution is 7.11. The van der Waals surface area contributed by atoms with Crippen LogP contribution in [-0.2, 0) is 38.9 Å². The Labute approximate surface area is 150 Å². The topological polar surface area (TPSA) is 60.6 Å². The Bertz CT molecular complexity index is 844. The molecule has 0 amide bonds. The average Bonchev–Trinajstić information content (AvgIpc) is 3.34. The molecule has 0 unspecified atom stereocenters. The van der Waals surface area contributed by atoms with E-state index in [-0.39, 0.29) is 0 Å². The van der Waals surface area contributed by atoms with Gasteiger partial charge in [-0.2, -0.15) is 5.10 Å². The van der Waals surface area contributed by atoms with Crippen LogP contribution in [0.15, 0.2) is 18.5 Å². The van der Waals surface area contributed by atoms with Crippen molar-refractivity contribution in [2.45, 2.75) is 51.7 Å². The summed E-state index contributed by atoms with van der Waals surface area (Å²) in [6, 6.07) is 2.18. The molecule has 1 aliphatic heterocycles. The zero-order valence-electron chi connectivity index (χ0n) is 14.2. The van der Waals surface area contributed by atoms with E-state index < -0.39 is 0 Å². The molecule has 0 fully saturated rings. The Morgan fingerprint density at radius 3 is 3.20 bits per heavy atom. The number of aryl methyl sites for hydroxylation is 5.